The number of halogens is 1. The van der Waals surface area contributed by atoms with E-state index in [2.05, 4.69) is 10.3 Å². The predicted molar refractivity (Wildman–Crippen MR) is 69.5 cm³/mol. The van der Waals surface area contributed by atoms with Gasteiger partial charge in [0.15, 0.2) is 0 Å². The maximum absolute atomic E-state index is 12.0. The molecule has 0 radical (unpaired) electrons. The van der Waals surface area contributed by atoms with Gasteiger partial charge in [-0.25, -0.2) is 4.98 Å². The van der Waals surface area contributed by atoms with E-state index in [9.17, 15) is 4.79 Å². The number of nitrogens with one attached hydrogen (secondary N) is 1. The number of hydrogen-bond acceptors (Lipinski definition) is 4. The maximum Gasteiger partial charge on any atom is 0.253 e. The summed E-state index contributed by atoms with van der Waals surface area (Å²) in [5.74, 6) is 0.403. The Morgan fingerprint density at radius 3 is 3.11 bits per heavy atom. The van der Waals surface area contributed by atoms with Crippen molar-refractivity contribution in [1.82, 2.24) is 10.3 Å². The van der Waals surface area contributed by atoms with Gasteiger partial charge in [0, 0.05) is 24.8 Å². The summed E-state index contributed by atoms with van der Waals surface area (Å²) in [5.41, 5.74) is 5.92. The Morgan fingerprint density at radius 2 is 2.50 bits per heavy atom. The summed E-state index contributed by atoms with van der Waals surface area (Å²) >= 11 is 5.83. The Hall–Kier alpha value is -1.33. The van der Waals surface area contributed by atoms with E-state index < -0.39 is 0 Å². The van der Waals surface area contributed by atoms with Gasteiger partial charge in [-0.15, -0.1) is 0 Å². The number of aromatic nitrogens is 1. The normalized spacial score (nSPS) is 20.7. The van der Waals surface area contributed by atoms with E-state index in [1.54, 1.807) is 0 Å². The van der Waals surface area contributed by atoms with Crippen LogP contribution in [0.15, 0.2) is 12.3 Å². The van der Waals surface area contributed by atoms with Gasteiger partial charge in [-0.1, -0.05) is 11.6 Å². The zero-order valence-corrected chi connectivity index (χ0v) is 10.9. The molecule has 1 amide bonds. The molecular formula is C12H16ClN3O2. The molecule has 1 fully saturated rings. The van der Waals surface area contributed by atoms with E-state index in [-0.39, 0.29) is 17.8 Å². The van der Waals surface area contributed by atoms with E-state index in [0.29, 0.717) is 23.1 Å². The van der Waals surface area contributed by atoms with Crippen LogP contribution in [0.2, 0.25) is 5.02 Å². The van der Waals surface area contributed by atoms with Gasteiger partial charge in [-0.2, -0.15) is 0 Å². The van der Waals surface area contributed by atoms with Gasteiger partial charge in [0.2, 0.25) is 0 Å². The standard InChI is InChI=1S/C12H16ClN3O2/c1-7(8-2-3-18-6-8)16-12(17)9-4-10(13)11(14)15-5-9/h4-5,7-8H,2-3,6H2,1H3,(H2,14,15)(H,16,17). The molecule has 2 rings (SSSR count). The van der Waals surface area contributed by atoms with Crippen molar-refractivity contribution in [3.05, 3.63) is 22.8 Å². The molecule has 1 aromatic rings. The van der Waals surface area contributed by atoms with Crippen LogP contribution in [0.3, 0.4) is 0 Å². The maximum atomic E-state index is 12.0. The molecule has 18 heavy (non-hydrogen) atoms. The number of carbonyl (C=O) groups is 1. The van der Waals surface area contributed by atoms with Gasteiger partial charge in [0.05, 0.1) is 17.2 Å². The first kappa shape index (κ1) is 13.1. The van der Waals surface area contributed by atoms with Crippen molar-refractivity contribution in [2.45, 2.75) is 19.4 Å². The van der Waals surface area contributed by atoms with Gasteiger partial charge in [0.25, 0.3) is 5.91 Å². The number of nitrogens with zero attached hydrogens (tertiary/aromatic N) is 1. The van der Waals surface area contributed by atoms with Crippen LogP contribution in [0.4, 0.5) is 5.82 Å². The van der Waals surface area contributed by atoms with E-state index >= 15 is 0 Å². The number of rotatable bonds is 3. The number of ether oxygens (including phenoxy) is 1. The first-order valence-electron chi connectivity index (χ1n) is 5.87. The molecule has 0 aromatic carbocycles. The Bertz CT molecular complexity index is 447. The van der Waals surface area contributed by atoms with Crippen LogP contribution in [0.25, 0.3) is 0 Å². The topological polar surface area (TPSA) is 77.2 Å². The largest absolute Gasteiger partial charge is 0.382 e. The average molecular weight is 270 g/mol. The van der Waals surface area contributed by atoms with Crippen molar-refractivity contribution in [3.63, 3.8) is 0 Å². The molecule has 0 spiro atoms. The summed E-state index contributed by atoms with van der Waals surface area (Å²) in [6.45, 7) is 3.44. The van der Waals surface area contributed by atoms with Gasteiger partial charge >= 0.3 is 0 Å². The Balaban J connectivity index is 2.00. The summed E-state index contributed by atoms with van der Waals surface area (Å²) in [7, 11) is 0. The number of amides is 1. The van der Waals surface area contributed by atoms with Gasteiger partial charge in [0.1, 0.15) is 5.82 Å². The highest BCUT2D eigenvalue weighted by Crippen LogP contribution is 2.19. The Kier molecular flexibility index (Phi) is 4.04. The van der Waals surface area contributed by atoms with Crippen molar-refractivity contribution < 1.29 is 9.53 Å². The lowest BCUT2D eigenvalue weighted by molar-refractivity contribution is 0.0922. The SMILES string of the molecule is CC(NC(=O)c1cnc(N)c(Cl)c1)C1CCOC1. The van der Waals surface area contributed by atoms with Gasteiger partial charge < -0.3 is 15.8 Å². The van der Waals surface area contributed by atoms with E-state index in [1.165, 1.54) is 12.3 Å². The number of hydrogen-bond donors (Lipinski definition) is 2. The quantitative estimate of drug-likeness (QED) is 0.871. The summed E-state index contributed by atoms with van der Waals surface area (Å²) in [5, 5.41) is 3.22. The molecule has 98 valence electrons. The second kappa shape index (κ2) is 5.54. The first-order chi connectivity index (χ1) is 8.58. The van der Waals surface area contributed by atoms with E-state index in [4.69, 9.17) is 22.1 Å². The second-order valence-corrected chi connectivity index (χ2v) is 4.88. The third-order valence-electron chi connectivity index (χ3n) is 3.16. The average Bonchev–Trinajstić information content (AvgIpc) is 2.86. The van der Waals surface area contributed by atoms with Crippen LogP contribution < -0.4 is 11.1 Å². The summed E-state index contributed by atoms with van der Waals surface area (Å²) in [6, 6.07) is 1.59. The lowest BCUT2D eigenvalue weighted by atomic mass is 10.0. The number of nitrogen functional groups attached to an aromatic ring is 1. The van der Waals surface area contributed by atoms with Crippen LogP contribution in [0, 0.1) is 5.92 Å². The fourth-order valence-electron chi connectivity index (χ4n) is 1.93. The van der Waals surface area contributed by atoms with Gasteiger partial charge in [-0.05, 0) is 19.4 Å². The minimum Gasteiger partial charge on any atom is -0.382 e. The van der Waals surface area contributed by atoms with E-state index in [1.807, 2.05) is 6.92 Å². The van der Waals surface area contributed by atoms with Crippen LogP contribution in [-0.2, 0) is 4.74 Å². The Morgan fingerprint density at radius 1 is 1.72 bits per heavy atom. The highest BCUT2D eigenvalue weighted by Gasteiger charge is 2.24. The van der Waals surface area contributed by atoms with E-state index in [0.717, 1.165) is 13.0 Å². The third kappa shape index (κ3) is 2.91. The molecule has 1 saturated heterocycles. The fraction of sp³-hybridized carbons (Fsp3) is 0.500. The van der Waals surface area contributed by atoms with Gasteiger partial charge in [-0.3, -0.25) is 4.79 Å². The molecule has 1 aliphatic heterocycles. The molecule has 2 unspecified atom stereocenters. The van der Waals surface area contributed by atoms with Crippen LogP contribution >= 0.6 is 11.6 Å². The number of nitrogens with two attached hydrogens (primary N) is 1. The molecule has 0 aliphatic carbocycles. The summed E-state index contributed by atoms with van der Waals surface area (Å²) in [6.07, 6.45) is 2.40. The van der Waals surface area contributed by atoms with Crippen molar-refractivity contribution in [1.29, 1.82) is 0 Å². The zero-order valence-electron chi connectivity index (χ0n) is 10.1. The Labute approximate surface area is 111 Å². The van der Waals surface area contributed by atoms with Crippen molar-refractivity contribution in [3.8, 4) is 0 Å². The number of pyridine rings is 1. The minimum absolute atomic E-state index is 0.0660. The number of anilines is 1. The summed E-state index contributed by atoms with van der Waals surface area (Å²) < 4.78 is 5.30. The molecule has 1 aliphatic rings. The molecule has 2 atom stereocenters. The summed E-state index contributed by atoms with van der Waals surface area (Å²) in [4.78, 5) is 15.8. The molecule has 6 heteroatoms. The van der Waals surface area contributed by atoms with Crippen molar-refractivity contribution in [2.24, 2.45) is 5.92 Å². The minimum atomic E-state index is -0.191. The predicted octanol–water partition coefficient (Wildman–Crippen LogP) is 1.47. The molecular weight excluding hydrogens is 254 g/mol. The van der Waals surface area contributed by atoms with Crippen LogP contribution in [-0.4, -0.2) is 30.1 Å². The first-order valence-corrected chi connectivity index (χ1v) is 6.25. The third-order valence-corrected chi connectivity index (χ3v) is 3.47. The molecule has 3 N–H and O–H groups in total. The fourth-order valence-corrected chi connectivity index (χ4v) is 2.09. The smallest absolute Gasteiger partial charge is 0.253 e. The molecule has 0 bridgehead atoms. The van der Waals surface area contributed by atoms with Crippen LogP contribution in [0.5, 0.6) is 0 Å². The lowest BCUT2D eigenvalue weighted by Crippen LogP contribution is -2.38. The molecule has 5 nitrogen and oxygen atoms in total. The number of carbonyl (C=O) groups excluding carboxylic acids is 1. The highest BCUT2D eigenvalue weighted by atomic mass is 35.5. The molecule has 2 heterocycles. The monoisotopic (exact) mass is 269 g/mol. The van der Waals surface area contributed by atoms with Crippen molar-refractivity contribution in [2.75, 3.05) is 18.9 Å². The molecule has 0 saturated carbocycles. The van der Waals surface area contributed by atoms with Crippen molar-refractivity contribution >= 4 is 23.3 Å². The van der Waals surface area contributed by atoms with Crippen LogP contribution in [0.1, 0.15) is 23.7 Å². The zero-order chi connectivity index (χ0) is 13.1. The molecule has 1 aromatic heterocycles. The second-order valence-electron chi connectivity index (χ2n) is 4.48. The highest BCUT2D eigenvalue weighted by molar-refractivity contribution is 6.33. The lowest BCUT2D eigenvalue weighted by Gasteiger charge is -2.19.